The van der Waals surface area contributed by atoms with Crippen LogP contribution in [0.1, 0.15) is 6.42 Å². The Bertz CT molecular complexity index is 604. The summed E-state index contributed by atoms with van der Waals surface area (Å²) in [6, 6.07) is 10.2. The highest BCUT2D eigenvalue weighted by molar-refractivity contribution is 7.88. The molecule has 22 heavy (non-hydrogen) atoms. The van der Waals surface area contributed by atoms with Crippen molar-refractivity contribution in [1.29, 1.82) is 0 Å². The van der Waals surface area contributed by atoms with E-state index in [0.717, 1.165) is 30.1 Å². The fraction of sp³-hybridized carbons (Fsp3) is 0.533. The summed E-state index contributed by atoms with van der Waals surface area (Å²) in [4.78, 5) is 14.1. The summed E-state index contributed by atoms with van der Waals surface area (Å²) < 4.78 is 23.6. The molecule has 122 valence electrons. The summed E-state index contributed by atoms with van der Waals surface area (Å²) in [5.41, 5.74) is 1.20. The van der Waals surface area contributed by atoms with Gasteiger partial charge in [0.2, 0.25) is 15.9 Å². The molecule has 6 nitrogen and oxygen atoms in total. The topological polar surface area (TPSA) is 69.7 Å². The van der Waals surface area contributed by atoms with Crippen LogP contribution in [0.15, 0.2) is 30.3 Å². The third-order valence-electron chi connectivity index (χ3n) is 3.93. The molecule has 1 aromatic carbocycles. The monoisotopic (exact) mass is 325 g/mol. The second kappa shape index (κ2) is 7.11. The standard InChI is InChI=1S/C15H23N3O3S/c1-17(22(2,20)21)12-15(19)16-10-13-8-9-18(11-13)14-6-4-3-5-7-14/h3-7,13H,8-12H2,1-2H3,(H,16,19)/t13-/m0/s1. The number of carbonyl (C=O) groups excluding carboxylic acids is 1. The van der Waals surface area contributed by atoms with E-state index >= 15 is 0 Å². The Kier molecular flexibility index (Phi) is 5.42. The van der Waals surface area contributed by atoms with Crippen LogP contribution in [0.25, 0.3) is 0 Å². The molecule has 1 fully saturated rings. The summed E-state index contributed by atoms with van der Waals surface area (Å²) >= 11 is 0. The maximum absolute atomic E-state index is 11.8. The minimum Gasteiger partial charge on any atom is -0.371 e. The Morgan fingerprint density at radius 2 is 2.05 bits per heavy atom. The molecule has 1 heterocycles. The first kappa shape index (κ1) is 16.8. The van der Waals surface area contributed by atoms with Crippen molar-refractivity contribution in [1.82, 2.24) is 9.62 Å². The molecular formula is C15H23N3O3S. The van der Waals surface area contributed by atoms with E-state index < -0.39 is 10.0 Å². The first-order valence-electron chi connectivity index (χ1n) is 7.34. The first-order chi connectivity index (χ1) is 10.4. The van der Waals surface area contributed by atoms with Crippen LogP contribution in [0.3, 0.4) is 0 Å². The molecule has 7 heteroatoms. The van der Waals surface area contributed by atoms with Crippen LogP contribution >= 0.6 is 0 Å². The molecule has 0 spiro atoms. The lowest BCUT2D eigenvalue weighted by molar-refractivity contribution is -0.121. The van der Waals surface area contributed by atoms with E-state index in [2.05, 4.69) is 22.3 Å². The van der Waals surface area contributed by atoms with Crippen molar-refractivity contribution in [2.75, 3.05) is 44.4 Å². The molecule has 0 saturated carbocycles. The second-order valence-corrected chi connectivity index (χ2v) is 7.85. The summed E-state index contributed by atoms with van der Waals surface area (Å²) in [6.45, 7) is 2.34. The van der Waals surface area contributed by atoms with Gasteiger partial charge in [-0.1, -0.05) is 18.2 Å². The van der Waals surface area contributed by atoms with Crippen LogP contribution in [0.4, 0.5) is 5.69 Å². The van der Waals surface area contributed by atoms with Crippen molar-refractivity contribution in [3.63, 3.8) is 0 Å². The molecule has 1 atom stereocenters. The Morgan fingerprint density at radius 3 is 2.68 bits per heavy atom. The Labute approximate surface area is 132 Å². The largest absolute Gasteiger partial charge is 0.371 e. The lowest BCUT2D eigenvalue weighted by Gasteiger charge is -2.19. The number of anilines is 1. The Balaban J connectivity index is 1.76. The lowest BCUT2D eigenvalue weighted by Crippen LogP contribution is -2.40. The second-order valence-electron chi connectivity index (χ2n) is 5.76. The normalized spacial score (nSPS) is 18.7. The average Bonchev–Trinajstić information content (AvgIpc) is 2.94. The molecule has 0 aliphatic carbocycles. The van der Waals surface area contributed by atoms with Gasteiger partial charge in [-0.2, -0.15) is 4.31 Å². The van der Waals surface area contributed by atoms with Gasteiger partial charge in [-0.05, 0) is 24.5 Å². The van der Waals surface area contributed by atoms with Crippen LogP contribution in [-0.4, -0.2) is 58.1 Å². The van der Waals surface area contributed by atoms with Crippen molar-refractivity contribution < 1.29 is 13.2 Å². The maximum Gasteiger partial charge on any atom is 0.235 e. The summed E-state index contributed by atoms with van der Waals surface area (Å²) in [5.74, 6) is 0.138. The molecule has 1 aliphatic heterocycles. The molecule has 2 rings (SSSR count). The highest BCUT2D eigenvalue weighted by atomic mass is 32.2. The minimum atomic E-state index is -3.32. The highest BCUT2D eigenvalue weighted by Crippen LogP contribution is 2.22. The fourth-order valence-corrected chi connectivity index (χ4v) is 2.86. The van der Waals surface area contributed by atoms with Crippen molar-refractivity contribution in [2.24, 2.45) is 5.92 Å². The molecule has 0 unspecified atom stereocenters. The van der Waals surface area contributed by atoms with Gasteiger partial charge in [-0.25, -0.2) is 8.42 Å². The van der Waals surface area contributed by atoms with Gasteiger partial charge in [0.05, 0.1) is 12.8 Å². The number of para-hydroxylation sites is 1. The van der Waals surface area contributed by atoms with Crippen LogP contribution in [-0.2, 0) is 14.8 Å². The Morgan fingerprint density at radius 1 is 1.36 bits per heavy atom. The molecule has 0 bridgehead atoms. The van der Waals surface area contributed by atoms with E-state index in [-0.39, 0.29) is 12.5 Å². The van der Waals surface area contributed by atoms with Crippen LogP contribution < -0.4 is 10.2 Å². The van der Waals surface area contributed by atoms with Crippen molar-refractivity contribution >= 4 is 21.6 Å². The van der Waals surface area contributed by atoms with Crippen molar-refractivity contribution in [2.45, 2.75) is 6.42 Å². The minimum absolute atomic E-state index is 0.131. The number of hydrogen-bond donors (Lipinski definition) is 1. The van der Waals surface area contributed by atoms with E-state index in [9.17, 15) is 13.2 Å². The predicted octanol–water partition coefficient (Wildman–Crippen LogP) is 0.520. The van der Waals surface area contributed by atoms with E-state index in [1.54, 1.807) is 0 Å². The maximum atomic E-state index is 11.8. The molecule has 1 amide bonds. The van der Waals surface area contributed by atoms with Crippen LogP contribution in [0.2, 0.25) is 0 Å². The van der Waals surface area contributed by atoms with E-state index in [4.69, 9.17) is 0 Å². The molecule has 0 aromatic heterocycles. The quantitative estimate of drug-likeness (QED) is 0.828. The van der Waals surface area contributed by atoms with E-state index in [1.807, 2.05) is 18.2 Å². The smallest absolute Gasteiger partial charge is 0.235 e. The summed E-state index contributed by atoms with van der Waals surface area (Å²) in [5, 5.41) is 2.83. The molecular weight excluding hydrogens is 302 g/mol. The average molecular weight is 325 g/mol. The molecule has 1 aliphatic rings. The van der Waals surface area contributed by atoms with Gasteiger partial charge >= 0.3 is 0 Å². The molecule has 1 N–H and O–H groups in total. The third-order valence-corrected chi connectivity index (χ3v) is 5.19. The van der Waals surface area contributed by atoms with Gasteiger partial charge in [-0.3, -0.25) is 4.79 Å². The van der Waals surface area contributed by atoms with E-state index in [1.165, 1.54) is 12.7 Å². The zero-order chi connectivity index (χ0) is 16.2. The number of hydrogen-bond acceptors (Lipinski definition) is 4. The number of rotatable bonds is 6. The Hall–Kier alpha value is -1.60. The zero-order valence-corrected chi connectivity index (χ0v) is 13.8. The van der Waals surface area contributed by atoms with Gasteiger partial charge in [0, 0.05) is 32.4 Å². The summed E-state index contributed by atoms with van der Waals surface area (Å²) in [6.07, 6.45) is 2.12. The zero-order valence-electron chi connectivity index (χ0n) is 13.0. The van der Waals surface area contributed by atoms with Gasteiger partial charge in [0.15, 0.2) is 0 Å². The SMILES string of the molecule is CN(CC(=O)NC[C@@H]1CCN(c2ccccc2)C1)S(C)(=O)=O. The number of carbonyl (C=O) groups is 1. The van der Waals surface area contributed by atoms with Crippen molar-refractivity contribution in [3.8, 4) is 0 Å². The lowest BCUT2D eigenvalue weighted by atomic mass is 10.1. The molecule has 1 aromatic rings. The van der Waals surface area contributed by atoms with Crippen molar-refractivity contribution in [3.05, 3.63) is 30.3 Å². The first-order valence-corrected chi connectivity index (χ1v) is 9.19. The van der Waals surface area contributed by atoms with Gasteiger partial charge < -0.3 is 10.2 Å². The van der Waals surface area contributed by atoms with Gasteiger partial charge in [0.1, 0.15) is 0 Å². The van der Waals surface area contributed by atoms with Gasteiger partial charge in [-0.15, -0.1) is 0 Å². The highest BCUT2D eigenvalue weighted by Gasteiger charge is 2.23. The van der Waals surface area contributed by atoms with Crippen LogP contribution in [0.5, 0.6) is 0 Å². The number of sulfonamides is 1. The number of nitrogens with zero attached hydrogens (tertiary/aromatic N) is 2. The summed E-state index contributed by atoms with van der Waals surface area (Å²) in [7, 11) is -1.91. The number of nitrogens with one attached hydrogen (secondary N) is 1. The van der Waals surface area contributed by atoms with E-state index in [0.29, 0.717) is 12.5 Å². The number of benzene rings is 1. The van der Waals surface area contributed by atoms with Crippen LogP contribution in [0, 0.1) is 5.92 Å². The molecule has 0 radical (unpaired) electrons. The number of amides is 1. The third kappa shape index (κ3) is 4.71. The molecule has 1 saturated heterocycles. The number of likely N-dealkylation sites (N-methyl/N-ethyl adjacent to an activating group) is 1. The van der Waals surface area contributed by atoms with Gasteiger partial charge in [0.25, 0.3) is 0 Å². The fourth-order valence-electron chi connectivity index (χ4n) is 2.51. The predicted molar refractivity (Wildman–Crippen MR) is 87.2 cm³/mol.